The second-order valence-electron chi connectivity index (χ2n) is 6.06. The van der Waals surface area contributed by atoms with E-state index in [0.717, 1.165) is 22.4 Å². The Kier molecular flexibility index (Phi) is 4.06. The van der Waals surface area contributed by atoms with Crippen LogP contribution in [0.3, 0.4) is 0 Å². The predicted molar refractivity (Wildman–Crippen MR) is 86.5 cm³/mol. The normalized spacial score (nSPS) is 11.7. The molecule has 0 aliphatic carbocycles. The van der Waals surface area contributed by atoms with Gasteiger partial charge in [-0.25, -0.2) is 0 Å². The summed E-state index contributed by atoms with van der Waals surface area (Å²) in [6.45, 7) is 9.89. The first-order chi connectivity index (χ1) is 9.75. The fourth-order valence-corrected chi connectivity index (χ4v) is 2.60. The van der Waals surface area contributed by atoms with Crippen molar-refractivity contribution in [2.45, 2.75) is 46.8 Å². The lowest BCUT2D eigenvalue weighted by molar-refractivity contribution is 0.0765. The minimum atomic E-state index is -1.13. The SMILES string of the molecule is CCn1c(-c2cc(C)ccc2C)ccc(C(C)(C)O)c1=O. The highest BCUT2D eigenvalue weighted by Crippen LogP contribution is 2.25. The molecular formula is C18H23NO2. The molecule has 3 heteroatoms. The van der Waals surface area contributed by atoms with Crippen molar-refractivity contribution in [1.82, 2.24) is 4.57 Å². The van der Waals surface area contributed by atoms with Crippen LogP contribution in [-0.4, -0.2) is 9.67 Å². The maximum atomic E-state index is 12.6. The average Bonchev–Trinajstić information content (AvgIpc) is 2.39. The van der Waals surface area contributed by atoms with Gasteiger partial charge in [-0.1, -0.05) is 17.7 Å². The van der Waals surface area contributed by atoms with Gasteiger partial charge in [0.15, 0.2) is 0 Å². The Bertz CT molecular complexity index is 721. The zero-order chi connectivity index (χ0) is 15.8. The van der Waals surface area contributed by atoms with E-state index in [1.165, 1.54) is 0 Å². The van der Waals surface area contributed by atoms with Gasteiger partial charge in [0.1, 0.15) is 0 Å². The van der Waals surface area contributed by atoms with Gasteiger partial charge in [0.2, 0.25) is 0 Å². The minimum Gasteiger partial charge on any atom is -0.386 e. The third-order valence-corrected chi connectivity index (χ3v) is 3.82. The first kappa shape index (κ1) is 15.5. The fourth-order valence-electron chi connectivity index (χ4n) is 2.60. The first-order valence-electron chi connectivity index (χ1n) is 7.30. The first-order valence-corrected chi connectivity index (χ1v) is 7.30. The van der Waals surface area contributed by atoms with Crippen LogP contribution in [0.2, 0.25) is 0 Å². The monoisotopic (exact) mass is 285 g/mol. The Balaban J connectivity index is 2.75. The van der Waals surface area contributed by atoms with Crippen LogP contribution in [0.5, 0.6) is 0 Å². The van der Waals surface area contributed by atoms with Gasteiger partial charge in [-0.05, 0) is 58.4 Å². The molecule has 21 heavy (non-hydrogen) atoms. The number of aryl methyl sites for hydroxylation is 2. The van der Waals surface area contributed by atoms with Gasteiger partial charge in [-0.2, -0.15) is 0 Å². The summed E-state index contributed by atoms with van der Waals surface area (Å²) in [5.41, 5.74) is 3.44. The Labute approximate surface area is 125 Å². The van der Waals surface area contributed by atoms with Gasteiger partial charge in [0.05, 0.1) is 11.3 Å². The maximum absolute atomic E-state index is 12.6. The molecule has 0 aliphatic heterocycles. The molecule has 0 saturated carbocycles. The number of pyridine rings is 1. The standard InChI is InChI=1S/C18H23NO2/c1-6-19-16(14-11-12(2)7-8-13(14)3)10-9-15(17(19)20)18(4,5)21/h7-11,21H,6H2,1-5H3. The molecule has 0 fully saturated rings. The molecule has 0 radical (unpaired) electrons. The van der Waals surface area contributed by atoms with E-state index in [4.69, 9.17) is 0 Å². The van der Waals surface area contributed by atoms with Crippen LogP contribution >= 0.6 is 0 Å². The predicted octanol–water partition coefficient (Wildman–Crippen LogP) is 3.38. The van der Waals surface area contributed by atoms with Crippen molar-refractivity contribution < 1.29 is 5.11 Å². The molecule has 1 aromatic heterocycles. The van der Waals surface area contributed by atoms with Crippen LogP contribution in [0.25, 0.3) is 11.3 Å². The summed E-state index contributed by atoms with van der Waals surface area (Å²) < 4.78 is 1.73. The lowest BCUT2D eigenvalue weighted by Gasteiger charge is -2.21. The molecule has 0 spiro atoms. The quantitative estimate of drug-likeness (QED) is 0.939. The summed E-state index contributed by atoms with van der Waals surface area (Å²) >= 11 is 0. The van der Waals surface area contributed by atoms with Crippen LogP contribution in [0, 0.1) is 13.8 Å². The Hall–Kier alpha value is -1.87. The zero-order valence-electron chi connectivity index (χ0n) is 13.4. The molecular weight excluding hydrogens is 262 g/mol. The summed E-state index contributed by atoms with van der Waals surface area (Å²) in [5, 5.41) is 10.1. The molecule has 3 nitrogen and oxygen atoms in total. The number of aliphatic hydroxyl groups is 1. The number of hydrogen-bond acceptors (Lipinski definition) is 2. The zero-order valence-corrected chi connectivity index (χ0v) is 13.4. The maximum Gasteiger partial charge on any atom is 0.257 e. The Morgan fingerprint density at radius 1 is 1.14 bits per heavy atom. The van der Waals surface area contributed by atoms with Crippen molar-refractivity contribution in [1.29, 1.82) is 0 Å². The molecule has 0 unspecified atom stereocenters. The minimum absolute atomic E-state index is 0.122. The van der Waals surface area contributed by atoms with Crippen molar-refractivity contribution in [2.75, 3.05) is 0 Å². The van der Waals surface area contributed by atoms with E-state index in [2.05, 4.69) is 18.2 Å². The number of hydrogen-bond donors (Lipinski definition) is 1. The van der Waals surface area contributed by atoms with E-state index in [0.29, 0.717) is 12.1 Å². The van der Waals surface area contributed by atoms with Crippen molar-refractivity contribution >= 4 is 0 Å². The van der Waals surface area contributed by atoms with Gasteiger partial charge in [0.25, 0.3) is 5.56 Å². The second kappa shape index (κ2) is 5.49. The number of nitrogens with zero attached hydrogens (tertiary/aromatic N) is 1. The Morgan fingerprint density at radius 2 is 1.81 bits per heavy atom. The van der Waals surface area contributed by atoms with E-state index >= 15 is 0 Å². The van der Waals surface area contributed by atoms with Gasteiger partial charge >= 0.3 is 0 Å². The molecule has 0 bridgehead atoms. The van der Waals surface area contributed by atoms with Crippen LogP contribution in [0.1, 0.15) is 37.5 Å². The van der Waals surface area contributed by atoms with Crippen LogP contribution in [0.15, 0.2) is 35.1 Å². The number of rotatable bonds is 3. The summed E-state index contributed by atoms with van der Waals surface area (Å²) in [6.07, 6.45) is 0. The topological polar surface area (TPSA) is 42.2 Å². The fraction of sp³-hybridized carbons (Fsp3) is 0.389. The van der Waals surface area contributed by atoms with Crippen molar-refractivity contribution in [2.24, 2.45) is 0 Å². The molecule has 112 valence electrons. The smallest absolute Gasteiger partial charge is 0.257 e. The molecule has 1 N–H and O–H groups in total. The van der Waals surface area contributed by atoms with Crippen LogP contribution < -0.4 is 5.56 Å². The van der Waals surface area contributed by atoms with Crippen molar-refractivity contribution in [3.63, 3.8) is 0 Å². The molecule has 0 saturated heterocycles. The molecule has 0 aliphatic rings. The van der Waals surface area contributed by atoms with Gasteiger partial charge < -0.3 is 9.67 Å². The highest BCUT2D eigenvalue weighted by Gasteiger charge is 2.22. The third-order valence-electron chi connectivity index (χ3n) is 3.82. The molecule has 2 aromatic rings. The highest BCUT2D eigenvalue weighted by atomic mass is 16.3. The lowest BCUT2D eigenvalue weighted by Crippen LogP contribution is -2.32. The van der Waals surface area contributed by atoms with E-state index in [1.54, 1.807) is 24.5 Å². The average molecular weight is 285 g/mol. The van der Waals surface area contributed by atoms with Crippen molar-refractivity contribution in [3.8, 4) is 11.3 Å². The second-order valence-corrected chi connectivity index (χ2v) is 6.06. The summed E-state index contributed by atoms with van der Waals surface area (Å²) in [5.74, 6) is 0. The van der Waals surface area contributed by atoms with Crippen LogP contribution in [-0.2, 0) is 12.1 Å². The summed E-state index contributed by atoms with van der Waals surface area (Å²) in [7, 11) is 0. The van der Waals surface area contributed by atoms with Gasteiger partial charge in [-0.15, -0.1) is 0 Å². The number of benzene rings is 1. The molecule has 1 heterocycles. The van der Waals surface area contributed by atoms with E-state index in [9.17, 15) is 9.90 Å². The van der Waals surface area contributed by atoms with E-state index < -0.39 is 5.60 Å². The van der Waals surface area contributed by atoms with Gasteiger partial charge in [0, 0.05) is 17.7 Å². The van der Waals surface area contributed by atoms with Crippen molar-refractivity contribution in [3.05, 3.63) is 57.4 Å². The number of aromatic nitrogens is 1. The van der Waals surface area contributed by atoms with E-state index in [1.807, 2.05) is 26.8 Å². The molecule has 0 amide bonds. The largest absolute Gasteiger partial charge is 0.386 e. The Morgan fingerprint density at radius 3 is 2.38 bits per heavy atom. The summed E-state index contributed by atoms with van der Waals surface area (Å²) in [6, 6.07) is 9.91. The third kappa shape index (κ3) is 2.93. The lowest BCUT2D eigenvalue weighted by atomic mass is 9.97. The van der Waals surface area contributed by atoms with Gasteiger partial charge in [-0.3, -0.25) is 4.79 Å². The van der Waals surface area contributed by atoms with Crippen LogP contribution in [0.4, 0.5) is 0 Å². The van der Waals surface area contributed by atoms with E-state index in [-0.39, 0.29) is 5.56 Å². The molecule has 2 rings (SSSR count). The molecule has 1 aromatic carbocycles. The highest BCUT2D eigenvalue weighted by molar-refractivity contribution is 5.65. The summed E-state index contributed by atoms with van der Waals surface area (Å²) in [4.78, 5) is 12.6. The molecule has 0 atom stereocenters.